The molecule has 0 saturated carbocycles. The minimum atomic E-state index is -0.298. The molecule has 2 aromatic rings. The lowest BCUT2D eigenvalue weighted by Gasteiger charge is -2.22. The van der Waals surface area contributed by atoms with Gasteiger partial charge in [-0.1, -0.05) is 48.6 Å². The highest BCUT2D eigenvalue weighted by molar-refractivity contribution is 5.89. The molecule has 1 aliphatic rings. The average molecular weight is 437 g/mol. The summed E-state index contributed by atoms with van der Waals surface area (Å²) in [6.07, 6.45) is 14.2. The molecule has 0 bridgehead atoms. The van der Waals surface area contributed by atoms with Gasteiger partial charge < -0.3 is 14.2 Å². The topological polar surface area (TPSA) is 44.8 Å². The summed E-state index contributed by atoms with van der Waals surface area (Å²) in [5.41, 5.74) is 4.41. The molecule has 1 fully saturated rings. The van der Waals surface area contributed by atoms with E-state index in [1.54, 1.807) is 6.07 Å². The quantitative estimate of drug-likeness (QED) is 0.286. The summed E-state index contributed by atoms with van der Waals surface area (Å²) in [7, 11) is 1.41. The lowest BCUT2D eigenvalue weighted by molar-refractivity contribution is -0.162. The van der Waals surface area contributed by atoms with Gasteiger partial charge in [0.25, 0.3) is 0 Å². The van der Waals surface area contributed by atoms with Crippen molar-refractivity contribution in [1.29, 1.82) is 0 Å². The Hall–Kier alpha value is -2.43. The second-order valence-electron chi connectivity index (χ2n) is 8.36. The highest BCUT2D eigenvalue weighted by Gasteiger charge is 2.13. The summed E-state index contributed by atoms with van der Waals surface area (Å²) in [5, 5.41) is 0. The molecule has 0 spiro atoms. The van der Waals surface area contributed by atoms with Gasteiger partial charge in [-0.25, -0.2) is 4.79 Å². The highest BCUT2D eigenvalue weighted by atomic mass is 16.7. The molecule has 1 aliphatic heterocycles. The zero-order chi connectivity index (χ0) is 22.4. The predicted molar refractivity (Wildman–Crippen MR) is 129 cm³/mol. The monoisotopic (exact) mass is 436 g/mol. The molecular formula is C28H36O4. The summed E-state index contributed by atoms with van der Waals surface area (Å²) in [6.45, 7) is 1.61. The lowest BCUT2D eigenvalue weighted by Crippen LogP contribution is -2.22. The molecule has 1 saturated heterocycles. The molecule has 172 valence electrons. The smallest absolute Gasteiger partial charge is 0.337 e. The Morgan fingerprint density at radius 1 is 1.03 bits per heavy atom. The normalized spacial score (nSPS) is 16.3. The van der Waals surface area contributed by atoms with Crippen molar-refractivity contribution >= 4 is 12.0 Å². The van der Waals surface area contributed by atoms with Gasteiger partial charge in [0.05, 0.1) is 19.3 Å². The van der Waals surface area contributed by atoms with Crippen LogP contribution in [0.1, 0.15) is 72.0 Å². The largest absolute Gasteiger partial charge is 0.465 e. The van der Waals surface area contributed by atoms with E-state index in [0.29, 0.717) is 5.56 Å². The first-order chi connectivity index (χ1) is 15.7. The van der Waals surface area contributed by atoms with Crippen molar-refractivity contribution in [3.63, 3.8) is 0 Å². The van der Waals surface area contributed by atoms with Gasteiger partial charge in [-0.05, 0) is 86.6 Å². The third-order valence-corrected chi connectivity index (χ3v) is 5.75. The fourth-order valence-corrected chi connectivity index (χ4v) is 3.97. The third-order valence-electron chi connectivity index (χ3n) is 5.75. The van der Waals surface area contributed by atoms with Crippen molar-refractivity contribution in [3.05, 3.63) is 76.9 Å². The van der Waals surface area contributed by atoms with Gasteiger partial charge in [0.15, 0.2) is 6.29 Å². The molecule has 32 heavy (non-hydrogen) atoms. The van der Waals surface area contributed by atoms with Crippen LogP contribution in [0.3, 0.4) is 0 Å². The van der Waals surface area contributed by atoms with Crippen LogP contribution in [-0.2, 0) is 27.1 Å². The van der Waals surface area contributed by atoms with Crippen molar-refractivity contribution in [1.82, 2.24) is 0 Å². The van der Waals surface area contributed by atoms with Gasteiger partial charge in [-0.2, -0.15) is 0 Å². The van der Waals surface area contributed by atoms with E-state index in [1.165, 1.54) is 24.7 Å². The number of methoxy groups -OCH3 is 1. The molecule has 4 nitrogen and oxygen atoms in total. The number of hydrogen-bond donors (Lipinski definition) is 0. The first kappa shape index (κ1) is 24.2. The average Bonchev–Trinajstić information content (AvgIpc) is 2.84. The number of ether oxygens (including phenoxy) is 3. The summed E-state index contributed by atoms with van der Waals surface area (Å²) < 4.78 is 16.2. The van der Waals surface area contributed by atoms with E-state index < -0.39 is 0 Å². The fourth-order valence-electron chi connectivity index (χ4n) is 3.97. The fraction of sp³-hybridized carbons (Fsp3) is 0.464. The van der Waals surface area contributed by atoms with Crippen LogP contribution in [0, 0.1) is 0 Å². The Morgan fingerprint density at radius 3 is 2.62 bits per heavy atom. The zero-order valence-electron chi connectivity index (χ0n) is 19.3. The predicted octanol–water partition coefficient (Wildman–Crippen LogP) is 6.38. The molecule has 1 heterocycles. The molecule has 4 heteroatoms. The first-order valence-electron chi connectivity index (χ1n) is 11.9. The maximum Gasteiger partial charge on any atom is 0.337 e. The standard InChI is InChI=1S/C28H36O4/c1-30-28(29)26-17-9-15-25(22-26)12-5-3-2-4-11-23-13-8-14-24(21-23)16-10-20-32-27-18-6-7-19-31-27/h5,8-9,12-15,17,21-22,27H,2-4,6-7,10-11,16,18-20H2,1H3/b12-5+. The second kappa shape index (κ2) is 13.9. The molecule has 2 aromatic carbocycles. The molecule has 0 aliphatic carbocycles. The van der Waals surface area contributed by atoms with Crippen LogP contribution in [0.15, 0.2) is 54.6 Å². The highest BCUT2D eigenvalue weighted by Crippen LogP contribution is 2.16. The number of unbranched alkanes of at least 4 members (excludes halogenated alkanes) is 2. The number of esters is 1. The van der Waals surface area contributed by atoms with Crippen molar-refractivity contribution in [2.24, 2.45) is 0 Å². The summed E-state index contributed by atoms with van der Waals surface area (Å²) in [5.74, 6) is -0.298. The number of aryl methyl sites for hydroxylation is 2. The molecule has 0 aromatic heterocycles. The van der Waals surface area contributed by atoms with E-state index >= 15 is 0 Å². The van der Waals surface area contributed by atoms with Crippen LogP contribution in [0.5, 0.6) is 0 Å². The van der Waals surface area contributed by atoms with E-state index in [2.05, 4.69) is 36.4 Å². The van der Waals surface area contributed by atoms with Gasteiger partial charge in [-0.3, -0.25) is 0 Å². The second-order valence-corrected chi connectivity index (χ2v) is 8.36. The van der Waals surface area contributed by atoms with Crippen molar-refractivity contribution in [2.75, 3.05) is 20.3 Å². The number of hydrogen-bond acceptors (Lipinski definition) is 4. The number of benzene rings is 2. The SMILES string of the molecule is COC(=O)c1cccc(/C=C/CCCCc2cccc(CCCOC3CCCCO3)c2)c1. The Labute approximate surface area is 192 Å². The van der Waals surface area contributed by atoms with E-state index in [1.807, 2.05) is 18.2 Å². The van der Waals surface area contributed by atoms with Crippen molar-refractivity contribution in [2.45, 2.75) is 64.1 Å². The van der Waals surface area contributed by atoms with Crippen LogP contribution in [-0.4, -0.2) is 32.6 Å². The van der Waals surface area contributed by atoms with Gasteiger partial charge >= 0.3 is 5.97 Å². The van der Waals surface area contributed by atoms with Crippen LogP contribution in [0.2, 0.25) is 0 Å². The number of carbonyl (C=O) groups excluding carboxylic acids is 1. The number of allylic oxidation sites excluding steroid dienone is 1. The molecule has 1 unspecified atom stereocenters. The molecule has 0 amide bonds. The van der Waals surface area contributed by atoms with Crippen LogP contribution >= 0.6 is 0 Å². The molecular weight excluding hydrogens is 400 g/mol. The first-order valence-corrected chi connectivity index (χ1v) is 11.9. The van der Waals surface area contributed by atoms with E-state index in [-0.39, 0.29) is 12.3 Å². The molecule has 3 rings (SSSR count). The van der Waals surface area contributed by atoms with E-state index in [0.717, 1.165) is 70.1 Å². The van der Waals surface area contributed by atoms with Crippen LogP contribution < -0.4 is 0 Å². The number of rotatable bonds is 12. The van der Waals surface area contributed by atoms with Crippen LogP contribution in [0.25, 0.3) is 6.08 Å². The van der Waals surface area contributed by atoms with Gasteiger partial charge in [0, 0.05) is 6.61 Å². The van der Waals surface area contributed by atoms with Gasteiger partial charge in [0.2, 0.25) is 0 Å². The summed E-state index contributed by atoms with van der Waals surface area (Å²) >= 11 is 0. The van der Waals surface area contributed by atoms with Gasteiger partial charge in [-0.15, -0.1) is 0 Å². The molecule has 0 N–H and O–H groups in total. The zero-order valence-corrected chi connectivity index (χ0v) is 19.3. The maximum absolute atomic E-state index is 11.6. The molecule has 1 atom stereocenters. The Bertz CT molecular complexity index is 852. The lowest BCUT2D eigenvalue weighted by atomic mass is 10.0. The van der Waals surface area contributed by atoms with Crippen molar-refractivity contribution < 1.29 is 19.0 Å². The third kappa shape index (κ3) is 8.60. The van der Waals surface area contributed by atoms with Gasteiger partial charge in [0.1, 0.15) is 0 Å². The minimum absolute atomic E-state index is 0.0147. The van der Waals surface area contributed by atoms with E-state index in [9.17, 15) is 4.79 Å². The Balaban J connectivity index is 1.32. The van der Waals surface area contributed by atoms with Crippen molar-refractivity contribution in [3.8, 4) is 0 Å². The Morgan fingerprint density at radius 2 is 1.84 bits per heavy atom. The van der Waals surface area contributed by atoms with Crippen LogP contribution in [0.4, 0.5) is 0 Å². The summed E-state index contributed by atoms with van der Waals surface area (Å²) in [6, 6.07) is 16.5. The summed E-state index contributed by atoms with van der Waals surface area (Å²) in [4.78, 5) is 11.6. The minimum Gasteiger partial charge on any atom is -0.465 e. The molecule has 0 radical (unpaired) electrons. The van der Waals surface area contributed by atoms with E-state index in [4.69, 9.17) is 14.2 Å². The number of carbonyl (C=O) groups is 1. The Kier molecular flexibility index (Phi) is 10.5. The maximum atomic E-state index is 11.6.